The van der Waals surface area contributed by atoms with E-state index in [-0.39, 0.29) is 0 Å². The molecule has 2 N–H and O–H groups in total. The van der Waals surface area contributed by atoms with E-state index >= 15 is 0 Å². The number of nitrogens with two attached hydrogens (primary N) is 1. The Morgan fingerprint density at radius 3 is 2.54 bits per heavy atom. The zero-order valence-electron chi connectivity index (χ0n) is 7.34. The summed E-state index contributed by atoms with van der Waals surface area (Å²) in [5, 5.41) is 0.844. The van der Waals surface area contributed by atoms with Crippen LogP contribution in [0.2, 0.25) is 10.2 Å². The Labute approximate surface area is 86.8 Å². The van der Waals surface area contributed by atoms with Crippen LogP contribution in [0.15, 0.2) is 12.3 Å². The number of nitrogens with zero attached hydrogens (tertiary/aromatic N) is 1. The van der Waals surface area contributed by atoms with Gasteiger partial charge in [-0.3, -0.25) is 4.84 Å². The van der Waals surface area contributed by atoms with E-state index < -0.39 is 5.60 Å². The zero-order chi connectivity index (χ0) is 10.1. The molecule has 0 bridgehead atoms. The molecule has 3 nitrogen and oxygen atoms in total. The van der Waals surface area contributed by atoms with E-state index in [0.29, 0.717) is 15.7 Å². The van der Waals surface area contributed by atoms with Crippen molar-refractivity contribution >= 4 is 23.2 Å². The predicted octanol–water partition coefficient (Wildman–Crippen LogP) is 2.51. The lowest BCUT2D eigenvalue weighted by atomic mass is 10.0. The summed E-state index contributed by atoms with van der Waals surface area (Å²) in [6, 6.07) is 1.55. The minimum Gasteiger partial charge on any atom is -0.294 e. The van der Waals surface area contributed by atoms with Crippen LogP contribution in [0.5, 0.6) is 0 Å². The second kappa shape index (κ2) is 3.80. The molecule has 0 unspecified atom stereocenters. The number of rotatable bonds is 2. The molecule has 1 aromatic rings. The molecule has 72 valence electrons. The van der Waals surface area contributed by atoms with Crippen molar-refractivity contribution < 1.29 is 4.84 Å². The number of pyridine rings is 1. The molecule has 1 heterocycles. The van der Waals surface area contributed by atoms with Crippen LogP contribution >= 0.6 is 23.2 Å². The summed E-state index contributed by atoms with van der Waals surface area (Å²) in [4.78, 5) is 8.68. The quantitative estimate of drug-likeness (QED) is 0.616. The molecule has 0 spiro atoms. The Hall–Kier alpha value is -0.350. The summed E-state index contributed by atoms with van der Waals surface area (Å²) >= 11 is 11.6. The van der Waals surface area contributed by atoms with E-state index in [4.69, 9.17) is 33.9 Å². The average molecular weight is 221 g/mol. The molecule has 0 saturated carbocycles. The Morgan fingerprint density at radius 1 is 1.46 bits per heavy atom. The lowest BCUT2D eigenvalue weighted by Crippen LogP contribution is -2.25. The number of halogens is 2. The van der Waals surface area contributed by atoms with E-state index in [9.17, 15) is 0 Å². The van der Waals surface area contributed by atoms with Crippen LogP contribution in [0.4, 0.5) is 0 Å². The van der Waals surface area contributed by atoms with Gasteiger partial charge in [-0.05, 0) is 19.9 Å². The number of hydrogen-bond donors (Lipinski definition) is 1. The van der Waals surface area contributed by atoms with Crippen LogP contribution in [0, 0.1) is 0 Å². The van der Waals surface area contributed by atoms with E-state index in [0.717, 1.165) is 0 Å². The third-order valence-electron chi connectivity index (χ3n) is 1.76. The molecule has 0 radical (unpaired) electrons. The van der Waals surface area contributed by atoms with Crippen molar-refractivity contribution in [3.8, 4) is 0 Å². The average Bonchev–Trinajstić information content (AvgIpc) is 2.03. The highest BCUT2D eigenvalue weighted by molar-refractivity contribution is 6.34. The lowest BCUT2D eigenvalue weighted by Gasteiger charge is -2.22. The molecule has 0 aliphatic heterocycles. The van der Waals surface area contributed by atoms with Gasteiger partial charge in [0.2, 0.25) is 0 Å². The summed E-state index contributed by atoms with van der Waals surface area (Å²) in [7, 11) is 0. The molecule has 5 heteroatoms. The van der Waals surface area contributed by atoms with Crippen molar-refractivity contribution in [1.29, 1.82) is 0 Å². The van der Waals surface area contributed by atoms with Crippen molar-refractivity contribution in [3.63, 3.8) is 0 Å². The Bertz CT molecular complexity index is 315. The second-order valence-corrected chi connectivity index (χ2v) is 3.91. The van der Waals surface area contributed by atoms with E-state index in [1.165, 1.54) is 0 Å². The highest BCUT2D eigenvalue weighted by atomic mass is 35.5. The Morgan fingerprint density at radius 2 is 2.08 bits per heavy atom. The standard InChI is InChI=1S/C8H10Cl2N2O/c1-8(2,13-11)5-4-12-7(10)3-6(5)9/h3-4H,11H2,1-2H3. The van der Waals surface area contributed by atoms with Gasteiger partial charge in [-0.1, -0.05) is 23.2 Å². The first-order valence-electron chi connectivity index (χ1n) is 3.67. The minimum atomic E-state index is -0.658. The van der Waals surface area contributed by atoms with E-state index in [2.05, 4.69) is 4.98 Å². The molecule has 0 saturated heterocycles. The summed E-state index contributed by atoms with van der Waals surface area (Å²) in [5.41, 5.74) is 0.0513. The predicted molar refractivity (Wildman–Crippen MR) is 52.6 cm³/mol. The molecule has 0 aromatic carbocycles. The molecule has 0 aliphatic carbocycles. The molecular formula is C8H10Cl2N2O. The van der Waals surface area contributed by atoms with Crippen LogP contribution in [-0.2, 0) is 10.4 Å². The minimum absolute atomic E-state index is 0.349. The zero-order valence-corrected chi connectivity index (χ0v) is 8.86. The molecule has 0 aliphatic rings. The van der Waals surface area contributed by atoms with Gasteiger partial charge < -0.3 is 0 Å². The maximum atomic E-state index is 5.93. The van der Waals surface area contributed by atoms with E-state index in [1.807, 2.05) is 0 Å². The van der Waals surface area contributed by atoms with Crippen LogP contribution in [0.25, 0.3) is 0 Å². The summed E-state index contributed by atoms with van der Waals surface area (Å²) in [6.45, 7) is 3.59. The monoisotopic (exact) mass is 220 g/mol. The van der Waals surface area contributed by atoms with Gasteiger partial charge >= 0.3 is 0 Å². The third-order valence-corrected chi connectivity index (χ3v) is 2.28. The van der Waals surface area contributed by atoms with Crippen molar-refractivity contribution in [1.82, 2.24) is 4.98 Å². The van der Waals surface area contributed by atoms with Gasteiger partial charge in [0.15, 0.2) is 0 Å². The first kappa shape index (κ1) is 10.7. The smallest absolute Gasteiger partial charge is 0.130 e. The largest absolute Gasteiger partial charge is 0.294 e. The fourth-order valence-corrected chi connectivity index (χ4v) is 1.51. The Balaban J connectivity index is 3.16. The first-order valence-corrected chi connectivity index (χ1v) is 4.42. The van der Waals surface area contributed by atoms with Crippen LogP contribution < -0.4 is 5.90 Å². The number of aromatic nitrogens is 1. The highest BCUT2D eigenvalue weighted by Gasteiger charge is 2.23. The maximum absolute atomic E-state index is 5.93. The van der Waals surface area contributed by atoms with Gasteiger partial charge in [0, 0.05) is 11.8 Å². The van der Waals surface area contributed by atoms with Gasteiger partial charge in [0.25, 0.3) is 0 Å². The lowest BCUT2D eigenvalue weighted by molar-refractivity contribution is -0.0237. The van der Waals surface area contributed by atoms with Gasteiger partial charge in [-0.25, -0.2) is 10.9 Å². The third kappa shape index (κ3) is 2.31. The molecule has 1 aromatic heterocycles. The Kier molecular flexibility index (Phi) is 3.14. The maximum Gasteiger partial charge on any atom is 0.130 e. The second-order valence-electron chi connectivity index (χ2n) is 3.12. The first-order chi connectivity index (χ1) is 5.97. The van der Waals surface area contributed by atoms with Crippen LogP contribution in [-0.4, -0.2) is 4.98 Å². The van der Waals surface area contributed by atoms with E-state index in [1.54, 1.807) is 26.1 Å². The molecule has 0 fully saturated rings. The summed E-state index contributed by atoms with van der Waals surface area (Å²) in [6.07, 6.45) is 1.55. The fraction of sp³-hybridized carbons (Fsp3) is 0.375. The molecular weight excluding hydrogens is 211 g/mol. The number of hydrogen-bond acceptors (Lipinski definition) is 3. The van der Waals surface area contributed by atoms with Gasteiger partial charge in [-0.15, -0.1) is 0 Å². The SMILES string of the molecule is CC(C)(ON)c1cnc(Cl)cc1Cl. The van der Waals surface area contributed by atoms with Gasteiger partial charge in [0.05, 0.1) is 5.02 Å². The topological polar surface area (TPSA) is 48.1 Å². The summed E-state index contributed by atoms with van der Waals surface area (Å²) in [5.74, 6) is 5.13. The van der Waals surface area contributed by atoms with Crippen molar-refractivity contribution in [3.05, 3.63) is 28.0 Å². The van der Waals surface area contributed by atoms with Crippen LogP contribution in [0.1, 0.15) is 19.4 Å². The fourth-order valence-electron chi connectivity index (χ4n) is 0.914. The summed E-state index contributed by atoms with van der Waals surface area (Å²) < 4.78 is 0. The molecule has 0 atom stereocenters. The van der Waals surface area contributed by atoms with Crippen molar-refractivity contribution in [2.75, 3.05) is 0 Å². The van der Waals surface area contributed by atoms with Crippen molar-refractivity contribution in [2.45, 2.75) is 19.4 Å². The molecule has 13 heavy (non-hydrogen) atoms. The normalized spacial score (nSPS) is 11.8. The highest BCUT2D eigenvalue weighted by Crippen LogP contribution is 2.30. The van der Waals surface area contributed by atoms with Gasteiger partial charge in [-0.2, -0.15) is 0 Å². The van der Waals surface area contributed by atoms with Crippen LogP contribution in [0.3, 0.4) is 0 Å². The molecule has 0 amide bonds. The molecule has 1 rings (SSSR count). The van der Waals surface area contributed by atoms with Gasteiger partial charge in [0.1, 0.15) is 10.8 Å². The van der Waals surface area contributed by atoms with Crippen molar-refractivity contribution in [2.24, 2.45) is 5.90 Å².